The van der Waals surface area contributed by atoms with Crippen LogP contribution in [0.2, 0.25) is 0 Å². The fourth-order valence-electron chi connectivity index (χ4n) is 6.69. The number of hydrogen-bond acceptors (Lipinski definition) is 6. The smallest absolute Gasteiger partial charge is 0.185 e. The largest absolute Gasteiger partial charge is 0.390 e. The van der Waals surface area contributed by atoms with Crippen molar-refractivity contribution in [1.29, 1.82) is 0 Å². The maximum Gasteiger partial charge on any atom is 0.185 e. The minimum absolute atomic E-state index is 0.0191. The van der Waals surface area contributed by atoms with Crippen LogP contribution < -0.4 is 0 Å². The van der Waals surface area contributed by atoms with E-state index in [1.165, 1.54) is 12.1 Å². The van der Waals surface area contributed by atoms with Gasteiger partial charge in [0.05, 0.1) is 11.2 Å². The zero-order valence-electron chi connectivity index (χ0n) is 24.6. The van der Waals surface area contributed by atoms with Gasteiger partial charge in [-0.25, -0.2) is 17.6 Å². The van der Waals surface area contributed by atoms with Crippen molar-refractivity contribution >= 4 is 11.6 Å². The van der Waals surface area contributed by atoms with Crippen molar-refractivity contribution in [2.45, 2.75) is 82.8 Å². The predicted octanol–water partition coefficient (Wildman–Crippen LogP) is 6.79. The second-order valence-corrected chi connectivity index (χ2v) is 13.3. The molecule has 2 aromatic carbocycles. The molecule has 2 fully saturated rings. The molecule has 1 aliphatic carbocycles. The van der Waals surface area contributed by atoms with E-state index in [1.807, 2.05) is 6.92 Å². The summed E-state index contributed by atoms with van der Waals surface area (Å²) < 4.78 is 61.3. The van der Waals surface area contributed by atoms with Gasteiger partial charge in [-0.15, -0.1) is 0 Å². The van der Waals surface area contributed by atoms with Gasteiger partial charge in [0, 0.05) is 55.9 Å². The Balaban J connectivity index is 1.33. The van der Waals surface area contributed by atoms with Crippen LogP contribution in [-0.2, 0) is 10.2 Å². The number of rotatable bonds is 10. The topological polar surface area (TPSA) is 83.6 Å². The van der Waals surface area contributed by atoms with Crippen LogP contribution in [0.4, 0.5) is 17.6 Å². The molecular formula is C33H36F4N2O4. The lowest BCUT2D eigenvalue weighted by atomic mass is 9.68. The zero-order chi connectivity index (χ0) is 31.2. The van der Waals surface area contributed by atoms with Crippen molar-refractivity contribution in [2.75, 3.05) is 13.1 Å². The van der Waals surface area contributed by atoms with Gasteiger partial charge in [0.1, 0.15) is 34.7 Å². The quantitative estimate of drug-likeness (QED) is 0.204. The molecule has 2 heterocycles. The van der Waals surface area contributed by atoms with Gasteiger partial charge in [-0.3, -0.25) is 14.5 Å². The molecule has 1 saturated heterocycles. The summed E-state index contributed by atoms with van der Waals surface area (Å²) in [5.41, 5.74) is -2.35. The maximum absolute atomic E-state index is 14.6. The van der Waals surface area contributed by atoms with E-state index < -0.39 is 39.7 Å². The summed E-state index contributed by atoms with van der Waals surface area (Å²) in [6.07, 6.45) is 2.90. The van der Waals surface area contributed by atoms with Crippen molar-refractivity contribution in [3.63, 3.8) is 0 Å². The summed E-state index contributed by atoms with van der Waals surface area (Å²) in [5, 5.41) is 14.2. The van der Waals surface area contributed by atoms with Crippen molar-refractivity contribution in [3.8, 4) is 11.3 Å². The highest BCUT2D eigenvalue weighted by atomic mass is 19.1. The van der Waals surface area contributed by atoms with Gasteiger partial charge in [-0.05, 0) is 73.9 Å². The molecule has 0 atom stereocenters. The Hall–Kier alpha value is -3.37. The second-order valence-electron chi connectivity index (χ2n) is 13.3. The molecule has 6 nitrogen and oxygen atoms in total. The van der Waals surface area contributed by atoms with Crippen LogP contribution in [0.15, 0.2) is 47.0 Å². The summed E-state index contributed by atoms with van der Waals surface area (Å²) in [6.45, 7) is 6.15. The molecule has 1 aliphatic heterocycles. The lowest BCUT2D eigenvalue weighted by Gasteiger charge is -2.54. The second kappa shape index (κ2) is 11.6. The van der Waals surface area contributed by atoms with Gasteiger partial charge < -0.3 is 9.63 Å². The van der Waals surface area contributed by atoms with Crippen molar-refractivity contribution in [2.24, 2.45) is 5.41 Å². The highest BCUT2D eigenvalue weighted by Gasteiger charge is 2.49. The first-order chi connectivity index (χ1) is 20.2. The Labute approximate surface area is 248 Å². The highest BCUT2D eigenvalue weighted by molar-refractivity contribution is 5.96. The van der Waals surface area contributed by atoms with Gasteiger partial charge in [0.2, 0.25) is 0 Å². The molecular weight excluding hydrogens is 564 g/mol. The van der Waals surface area contributed by atoms with Crippen molar-refractivity contribution < 1.29 is 36.8 Å². The Morgan fingerprint density at radius 1 is 0.977 bits per heavy atom. The summed E-state index contributed by atoms with van der Waals surface area (Å²) in [4.78, 5) is 29.2. The lowest BCUT2D eigenvalue weighted by Crippen LogP contribution is -2.62. The average molecular weight is 601 g/mol. The van der Waals surface area contributed by atoms with Gasteiger partial charge >= 0.3 is 0 Å². The third-order valence-electron chi connectivity index (χ3n) is 9.02. The summed E-state index contributed by atoms with van der Waals surface area (Å²) in [7, 11) is 0. The van der Waals surface area contributed by atoms with E-state index in [-0.39, 0.29) is 59.5 Å². The van der Waals surface area contributed by atoms with E-state index in [9.17, 15) is 32.3 Å². The number of hydrogen-bond donors (Lipinski definition) is 1. The molecule has 0 unspecified atom stereocenters. The fraction of sp³-hybridized carbons (Fsp3) is 0.485. The summed E-state index contributed by atoms with van der Waals surface area (Å²) in [6, 6.07) is 7.71. The van der Waals surface area contributed by atoms with Crippen LogP contribution in [0.5, 0.6) is 0 Å². The Kier molecular flexibility index (Phi) is 8.39. The molecule has 0 amide bonds. The summed E-state index contributed by atoms with van der Waals surface area (Å²) >= 11 is 0. The van der Waals surface area contributed by atoms with E-state index >= 15 is 0 Å². The van der Waals surface area contributed by atoms with Gasteiger partial charge in [0.25, 0.3) is 0 Å². The molecule has 2 aliphatic rings. The first kappa shape index (κ1) is 31.1. The molecule has 3 aromatic rings. The molecule has 1 aromatic heterocycles. The first-order valence-electron chi connectivity index (χ1n) is 14.5. The number of carbonyl (C=O) groups is 2. The van der Waals surface area contributed by atoms with E-state index in [2.05, 4.69) is 10.1 Å². The molecule has 1 saturated carbocycles. The number of carbonyl (C=O) groups excluding carboxylic acids is 2. The van der Waals surface area contributed by atoms with Gasteiger partial charge in [-0.1, -0.05) is 19.0 Å². The SMILES string of the molecule is CC1(O)CCC(N2CC(CC(=O)CC(C)(C)c3cc(F)ccc3F)(CC(=O)c3cc(-c4ccc(F)cc4F)on3)C2)CC1. The number of halogens is 4. The first-order valence-corrected chi connectivity index (χ1v) is 14.5. The van der Waals surface area contributed by atoms with Crippen LogP contribution in [0, 0.1) is 28.7 Å². The zero-order valence-corrected chi connectivity index (χ0v) is 24.6. The molecule has 0 radical (unpaired) electrons. The molecule has 10 heteroatoms. The van der Waals surface area contributed by atoms with Gasteiger partial charge in [0.15, 0.2) is 11.5 Å². The standard InChI is InChI=1S/C33H36F4N2O4/c1-31(2,25-12-20(34)5-7-26(25)36)15-23(40)16-33(18-39(19-33)22-8-10-32(3,42)11-9-22)17-29(41)28-14-30(43-38-28)24-6-4-21(35)13-27(24)37/h4-7,12-14,22,42H,8-11,15-19H2,1-3H3. The van der Waals surface area contributed by atoms with Crippen molar-refractivity contribution in [3.05, 3.63) is 77.0 Å². The van der Waals surface area contributed by atoms with E-state index in [4.69, 9.17) is 4.52 Å². The van der Waals surface area contributed by atoms with Crippen LogP contribution in [0.25, 0.3) is 11.3 Å². The molecule has 0 bridgehead atoms. The number of Topliss-reactive ketones (excluding diaryl/α,β-unsaturated/α-hetero) is 2. The Bertz CT molecular complexity index is 1520. The van der Waals surface area contributed by atoms with Crippen LogP contribution in [-0.4, -0.2) is 51.5 Å². The number of nitrogens with zero attached hydrogens (tertiary/aromatic N) is 2. The normalized spacial score (nSPS) is 22.3. The molecule has 43 heavy (non-hydrogen) atoms. The number of aromatic nitrogens is 1. The number of benzene rings is 2. The molecule has 5 rings (SSSR count). The Morgan fingerprint density at radius 2 is 1.63 bits per heavy atom. The van der Waals surface area contributed by atoms with E-state index in [0.717, 1.165) is 37.1 Å². The van der Waals surface area contributed by atoms with Gasteiger partial charge in [-0.2, -0.15) is 0 Å². The van der Waals surface area contributed by atoms with Crippen LogP contribution in [0.1, 0.15) is 81.8 Å². The third kappa shape index (κ3) is 6.91. The molecule has 230 valence electrons. The average Bonchev–Trinajstić information content (AvgIpc) is 3.38. The maximum atomic E-state index is 14.6. The minimum Gasteiger partial charge on any atom is -0.390 e. The fourth-order valence-corrected chi connectivity index (χ4v) is 6.69. The number of aliphatic hydroxyl groups is 1. The Morgan fingerprint density at radius 3 is 2.30 bits per heavy atom. The number of ketones is 2. The monoisotopic (exact) mass is 600 g/mol. The third-order valence-corrected chi connectivity index (χ3v) is 9.02. The minimum atomic E-state index is -0.979. The molecule has 1 N–H and O–H groups in total. The highest BCUT2D eigenvalue weighted by Crippen LogP contribution is 2.44. The van der Waals surface area contributed by atoms with E-state index in [0.29, 0.717) is 32.0 Å². The molecule has 0 spiro atoms. The predicted molar refractivity (Wildman–Crippen MR) is 151 cm³/mol. The van der Waals surface area contributed by atoms with Crippen LogP contribution >= 0.6 is 0 Å². The van der Waals surface area contributed by atoms with Crippen LogP contribution in [0.3, 0.4) is 0 Å². The number of likely N-dealkylation sites (tertiary alicyclic amines) is 1. The summed E-state index contributed by atoms with van der Waals surface area (Å²) in [5.74, 6) is -3.36. The van der Waals surface area contributed by atoms with E-state index in [1.54, 1.807) is 13.8 Å². The van der Waals surface area contributed by atoms with Crippen molar-refractivity contribution in [1.82, 2.24) is 10.1 Å². The lowest BCUT2D eigenvalue weighted by molar-refractivity contribution is -0.128.